The molecule has 0 saturated carbocycles. The predicted octanol–water partition coefficient (Wildman–Crippen LogP) is 4.32. The summed E-state index contributed by atoms with van der Waals surface area (Å²) < 4.78 is 19.3. The second-order valence-corrected chi connectivity index (χ2v) is 5.37. The highest BCUT2D eigenvalue weighted by atomic mass is 79.9. The third-order valence-electron chi connectivity index (χ3n) is 3.01. The van der Waals surface area contributed by atoms with Gasteiger partial charge in [0.15, 0.2) is 0 Å². The number of para-hydroxylation sites is 1. The lowest BCUT2D eigenvalue weighted by molar-refractivity contribution is 0.307. The van der Waals surface area contributed by atoms with Crippen molar-refractivity contribution in [1.29, 1.82) is 0 Å². The Morgan fingerprint density at radius 2 is 1.95 bits per heavy atom. The molecule has 106 valence electrons. The highest BCUT2D eigenvalue weighted by molar-refractivity contribution is 9.10. The maximum atomic E-state index is 13.2. The van der Waals surface area contributed by atoms with Gasteiger partial charge in [-0.15, -0.1) is 0 Å². The molecule has 0 aliphatic rings. The molecule has 4 heteroatoms. The second-order valence-electron chi connectivity index (χ2n) is 4.51. The van der Waals surface area contributed by atoms with Crippen molar-refractivity contribution < 1.29 is 9.13 Å². The van der Waals surface area contributed by atoms with Crippen LogP contribution in [0.1, 0.15) is 18.5 Å². The van der Waals surface area contributed by atoms with Gasteiger partial charge in [-0.05, 0) is 52.7 Å². The minimum absolute atomic E-state index is 0.145. The van der Waals surface area contributed by atoms with E-state index in [9.17, 15) is 4.39 Å². The Bertz CT molecular complexity index is 547. The number of rotatable bonds is 6. The molecule has 0 saturated heterocycles. The number of nitrogens with one attached hydrogen (secondary N) is 1. The van der Waals surface area contributed by atoms with E-state index >= 15 is 0 Å². The van der Waals surface area contributed by atoms with Crippen LogP contribution in [0.4, 0.5) is 4.39 Å². The largest absolute Gasteiger partial charge is 0.492 e. The Morgan fingerprint density at radius 1 is 1.20 bits per heavy atom. The van der Waals surface area contributed by atoms with Crippen LogP contribution in [0.25, 0.3) is 0 Å². The van der Waals surface area contributed by atoms with E-state index in [-0.39, 0.29) is 11.9 Å². The van der Waals surface area contributed by atoms with Crippen molar-refractivity contribution in [1.82, 2.24) is 5.32 Å². The molecular weight excluding hydrogens is 321 g/mol. The normalized spacial score (nSPS) is 12.2. The van der Waals surface area contributed by atoms with Gasteiger partial charge in [-0.3, -0.25) is 0 Å². The third kappa shape index (κ3) is 4.32. The van der Waals surface area contributed by atoms with Gasteiger partial charge in [0.2, 0.25) is 0 Å². The van der Waals surface area contributed by atoms with Gasteiger partial charge in [-0.2, -0.15) is 0 Å². The summed E-state index contributed by atoms with van der Waals surface area (Å²) in [5.41, 5.74) is 1.04. The lowest BCUT2D eigenvalue weighted by atomic mass is 10.1. The van der Waals surface area contributed by atoms with Crippen molar-refractivity contribution >= 4 is 15.9 Å². The van der Waals surface area contributed by atoms with E-state index in [0.29, 0.717) is 11.1 Å². The van der Waals surface area contributed by atoms with E-state index in [1.165, 1.54) is 6.07 Å². The summed E-state index contributed by atoms with van der Waals surface area (Å²) in [4.78, 5) is 0. The maximum absolute atomic E-state index is 13.2. The molecule has 2 aromatic carbocycles. The lowest BCUT2D eigenvalue weighted by Gasteiger charge is -2.15. The fourth-order valence-corrected chi connectivity index (χ4v) is 2.26. The Balaban J connectivity index is 1.77. The quantitative estimate of drug-likeness (QED) is 0.792. The molecule has 2 nitrogen and oxygen atoms in total. The van der Waals surface area contributed by atoms with Crippen LogP contribution < -0.4 is 10.1 Å². The van der Waals surface area contributed by atoms with E-state index in [1.54, 1.807) is 12.1 Å². The first kappa shape index (κ1) is 15.0. The number of benzene rings is 2. The van der Waals surface area contributed by atoms with Crippen LogP contribution in [0.15, 0.2) is 53.0 Å². The van der Waals surface area contributed by atoms with Gasteiger partial charge >= 0.3 is 0 Å². The van der Waals surface area contributed by atoms with Gasteiger partial charge in [-0.1, -0.05) is 24.3 Å². The minimum Gasteiger partial charge on any atom is -0.492 e. The summed E-state index contributed by atoms with van der Waals surface area (Å²) in [6.07, 6.45) is 0. The smallest absolute Gasteiger partial charge is 0.137 e. The molecule has 1 atom stereocenters. The molecule has 2 aromatic rings. The molecule has 2 rings (SSSR count). The lowest BCUT2D eigenvalue weighted by Crippen LogP contribution is -2.24. The molecule has 1 N–H and O–H groups in total. The van der Waals surface area contributed by atoms with E-state index in [1.807, 2.05) is 37.3 Å². The van der Waals surface area contributed by atoms with Crippen LogP contribution >= 0.6 is 15.9 Å². The molecule has 0 spiro atoms. The zero-order chi connectivity index (χ0) is 14.4. The van der Waals surface area contributed by atoms with Crippen molar-refractivity contribution in [2.45, 2.75) is 13.0 Å². The van der Waals surface area contributed by atoms with Crippen molar-refractivity contribution in [2.75, 3.05) is 13.2 Å². The van der Waals surface area contributed by atoms with Crippen LogP contribution in [-0.4, -0.2) is 13.2 Å². The zero-order valence-electron chi connectivity index (χ0n) is 11.3. The minimum atomic E-state index is -0.242. The SMILES string of the molecule is CC(NCCOc1ccccc1)c1ccc(F)c(Br)c1. The van der Waals surface area contributed by atoms with E-state index in [0.717, 1.165) is 17.9 Å². The van der Waals surface area contributed by atoms with Crippen molar-refractivity contribution in [3.05, 3.63) is 64.4 Å². The topological polar surface area (TPSA) is 21.3 Å². The Morgan fingerprint density at radius 3 is 2.65 bits per heavy atom. The van der Waals surface area contributed by atoms with Crippen LogP contribution in [0.2, 0.25) is 0 Å². The van der Waals surface area contributed by atoms with Crippen molar-refractivity contribution in [3.63, 3.8) is 0 Å². The Kier molecular flexibility index (Phi) is 5.56. The Hall–Kier alpha value is -1.39. The van der Waals surface area contributed by atoms with Gasteiger partial charge in [0, 0.05) is 12.6 Å². The van der Waals surface area contributed by atoms with Gasteiger partial charge in [0.25, 0.3) is 0 Å². The summed E-state index contributed by atoms with van der Waals surface area (Å²) in [6, 6.07) is 14.9. The fourth-order valence-electron chi connectivity index (χ4n) is 1.86. The highest BCUT2D eigenvalue weighted by Crippen LogP contribution is 2.21. The van der Waals surface area contributed by atoms with Crippen LogP contribution in [0, 0.1) is 5.82 Å². The first-order valence-electron chi connectivity index (χ1n) is 6.53. The highest BCUT2D eigenvalue weighted by Gasteiger charge is 2.07. The molecule has 1 unspecified atom stereocenters. The molecule has 0 aromatic heterocycles. The summed E-state index contributed by atoms with van der Waals surface area (Å²) in [5.74, 6) is 0.625. The standard InChI is InChI=1S/C16H17BrFNO/c1-12(13-7-8-16(18)15(17)11-13)19-9-10-20-14-5-3-2-4-6-14/h2-8,11-12,19H,9-10H2,1H3. The second kappa shape index (κ2) is 7.41. The fraction of sp³-hybridized carbons (Fsp3) is 0.250. The van der Waals surface area contributed by atoms with Gasteiger partial charge in [0.05, 0.1) is 4.47 Å². The first-order valence-corrected chi connectivity index (χ1v) is 7.32. The van der Waals surface area contributed by atoms with Gasteiger partial charge < -0.3 is 10.1 Å². The first-order chi connectivity index (χ1) is 9.66. The summed E-state index contributed by atoms with van der Waals surface area (Å²) in [6.45, 7) is 3.37. The molecule has 20 heavy (non-hydrogen) atoms. The van der Waals surface area contributed by atoms with E-state index < -0.39 is 0 Å². The van der Waals surface area contributed by atoms with Gasteiger partial charge in [0.1, 0.15) is 18.2 Å². The average Bonchev–Trinajstić information content (AvgIpc) is 2.47. The van der Waals surface area contributed by atoms with Crippen LogP contribution in [-0.2, 0) is 0 Å². The maximum Gasteiger partial charge on any atom is 0.137 e. The molecule has 0 radical (unpaired) electrons. The number of hydrogen-bond donors (Lipinski definition) is 1. The third-order valence-corrected chi connectivity index (χ3v) is 3.62. The molecule has 0 amide bonds. The number of ether oxygens (including phenoxy) is 1. The van der Waals surface area contributed by atoms with E-state index in [2.05, 4.69) is 21.2 Å². The van der Waals surface area contributed by atoms with E-state index in [4.69, 9.17) is 4.74 Å². The monoisotopic (exact) mass is 337 g/mol. The molecule has 0 aliphatic carbocycles. The molecule has 0 aliphatic heterocycles. The summed E-state index contributed by atoms with van der Waals surface area (Å²) in [5, 5.41) is 3.35. The summed E-state index contributed by atoms with van der Waals surface area (Å²) >= 11 is 3.20. The zero-order valence-corrected chi connectivity index (χ0v) is 12.9. The summed E-state index contributed by atoms with van der Waals surface area (Å²) in [7, 11) is 0. The molecule has 0 heterocycles. The molecule has 0 fully saturated rings. The number of hydrogen-bond acceptors (Lipinski definition) is 2. The van der Waals surface area contributed by atoms with Gasteiger partial charge in [-0.25, -0.2) is 4.39 Å². The average molecular weight is 338 g/mol. The number of halogens is 2. The molecule has 0 bridgehead atoms. The van der Waals surface area contributed by atoms with Crippen molar-refractivity contribution in [3.8, 4) is 5.75 Å². The Labute approximate surface area is 127 Å². The van der Waals surface area contributed by atoms with Crippen LogP contribution in [0.5, 0.6) is 5.75 Å². The predicted molar refractivity (Wildman–Crippen MR) is 82.5 cm³/mol. The van der Waals surface area contributed by atoms with Crippen molar-refractivity contribution in [2.24, 2.45) is 0 Å². The van der Waals surface area contributed by atoms with Crippen LogP contribution in [0.3, 0.4) is 0 Å². The molecular formula is C16H17BrFNO.